The average Bonchev–Trinajstić information content (AvgIpc) is 3.23. The highest BCUT2D eigenvalue weighted by atomic mass is 16.5. The lowest BCUT2D eigenvalue weighted by molar-refractivity contribution is -0.121. The van der Waals surface area contributed by atoms with Crippen molar-refractivity contribution in [2.24, 2.45) is 0 Å². The van der Waals surface area contributed by atoms with Gasteiger partial charge in [-0.1, -0.05) is 36.4 Å². The third kappa shape index (κ3) is 4.64. The summed E-state index contributed by atoms with van der Waals surface area (Å²) in [6, 6.07) is 19.5. The molecular formula is C28H31N3O2. The number of morpholine rings is 1. The molecule has 0 bridgehead atoms. The summed E-state index contributed by atoms with van der Waals surface area (Å²) in [7, 11) is 0. The highest BCUT2D eigenvalue weighted by Gasteiger charge is 2.23. The number of carbonyl (C=O) groups excluding carboxylic acids is 1. The van der Waals surface area contributed by atoms with Gasteiger partial charge < -0.3 is 15.0 Å². The first-order valence-corrected chi connectivity index (χ1v) is 11.9. The zero-order valence-electron chi connectivity index (χ0n) is 19.4. The molecule has 2 heterocycles. The molecule has 5 rings (SSSR count). The minimum Gasteiger partial charge on any atom is -0.377 e. The Balaban J connectivity index is 1.24. The largest absolute Gasteiger partial charge is 0.377 e. The number of hydrogen-bond acceptors (Lipinski definition) is 4. The van der Waals surface area contributed by atoms with E-state index in [2.05, 4.69) is 71.5 Å². The molecule has 1 aromatic heterocycles. The Kier molecular flexibility index (Phi) is 6.14. The van der Waals surface area contributed by atoms with E-state index in [1.54, 1.807) is 0 Å². The van der Waals surface area contributed by atoms with Gasteiger partial charge in [-0.25, -0.2) is 0 Å². The quantitative estimate of drug-likeness (QED) is 0.627. The highest BCUT2D eigenvalue weighted by molar-refractivity contribution is 5.79. The Morgan fingerprint density at radius 1 is 1.18 bits per heavy atom. The van der Waals surface area contributed by atoms with Gasteiger partial charge in [0, 0.05) is 35.7 Å². The molecule has 1 amide bonds. The first kappa shape index (κ1) is 21.7. The van der Waals surface area contributed by atoms with Gasteiger partial charge >= 0.3 is 0 Å². The number of fused-ring (bicyclic) bond motifs is 1. The van der Waals surface area contributed by atoms with E-state index in [9.17, 15) is 4.79 Å². The third-order valence-corrected chi connectivity index (χ3v) is 6.85. The monoisotopic (exact) mass is 441 g/mol. The standard InChI is InChI=1S/C28H31N3O2/c1-19-15-24(31-13-14-33-18-20(31)2)10-11-25(19)22-7-9-23(29-17-22)16-28(32)30-27-12-8-21-5-3-4-6-26(21)27/h3-7,9-11,15,17,20,27H,8,12-14,16,18H2,1-2H3,(H,30,32)/t20-,27+/m0/s1. The van der Waals surface area contributed by atoms with Crippen LogP contribution >= 0.6 is 0 Å². The van der Waals surface area contributed by atoms with Crippen LogP contribution in [0.3, 0.4) is 0 Å². The number of rotatable bonds is 5. The summed E-state index contributed by atoms with van der Waals surface area (Å²) < 4.78 is 5.57. The number of aryl methyl sites for hydroxylation is 2. The minimum atomic E-state index is 0.0251. The molecule has 0 saturated carbocycles. The van der Waals surface area contributed by atoms with Crippen molar-refractivity contribution >= 4 is 11.6 Å². The fraction of sp³-hybridized carbons (Fsp3) is 0.357. The van der Waals surface area contributed by atoms with Crippen LogP contribution in [0.25, 0.3) is 11.1 Å². The minimum absolute atomic E-state index is 0.0251. The molecule has 5 heteroatoms. The zero-order valence-corrected chi connectivity index (χ0v) is 19.4. The number of ether oxygens (including phenoxy) is 1. The van der Waals surface area contributed by atoms with Crippen LogP contribution in [-0.4, -0.2) is 36.7 Å². The fourth-order valence-electron chi connectivity index (χ4n) is 5.07. The lowest BCUT2D eigenvalue weighted by Gasteiger charge is -2.35. The number of aromatic nitrogens is 1. The average molecular weight is 442 g/mol. The van der Waals surface area contributed by atoms with Gasteiger partial charge in [0.15, 0.2) is 0 Å². The highest BCUT2D eigenvalue weighted by Crippen LogP contribution is 2.31. The number of benzene rings is 2. The molecule has 33 heavy (non-hydrogen) atoms. The SMILES string of the molecule is Cc1cc(N2CCOC[C@@H]2C)ccc1-c1ccc(CC(=O)N[C@@H]2CCc3ccccc32)nc1. The van der Waals surface area contributed by atoms with Crippen molar-refractivity contribution in [1.82, 2.24) is 10.3 Å². The Labute approximate surface area is 195 Å². The number of anilines is 1. The molecule has 0 unspecified atom stereocenters. The molecule has 1 N–H and O–H groups in total. The van der Waals surface area contributed by atoms with Crippen LogP contribution in [0.15, 0.2) is 60.8 Å². The van der Waals surface area contributed by atoms with Gasteiger partial charge in [-0.3, -0.25) is 9.78 Å². The van der Waals surface area contributed by atoms with Crippen molar-refractivity contribution in [3.05, 3.63) is 83.2 Å². The van der Waals surface area contributed by atoms with Gasteiger partial charge in [-0.05, 0) is 67.1 Å². The van der Waals surface area contributed by atoms with Crippen LogP contribution < -0.4 is 10.2 Å². The van der Waals surface area contributed by atoms with Crippen LogP contribution in [0.2, 0.25) is 0 Å². The number of nitrogens with zero attached hydrogens (tertiary/aromatic N) is 2. The van der Waals surface area contributed by atoms with Gasteiger partial charge in [-0.15, -0.1) is 0 Å². The second-order valence-electron chi connectivity index (χ2n) is 9.19. The molecule has 2 aromatic carbocycles. The van der Waals surface area contributed by atoms with E-state index < -0.39 is 0 Å². The van der Waals surface area contributed by atoms with Crippen LogP contribution in [0.4, 0.5) is 5.69 Å². The van der Waals surface area contributed by atoms with E-state index in [0.717, 1.165) is 43.9 Å². The normalized spacial score (nSPS) is 19.9. The van der Waals surface area contributed by atoms with Gasteiger partial charge in [0.2, 0.25) is 5.91 Å². The van der Waals surface area contributed by atoms with Crippen molar-refractivity contribution in [3.8, 4) is 11.1 Å². The third-order valence-electron chi connectivity index (χ3n) is 6.85. The first-order chi connectivity index (χ1) is 16.1. The maximum absolute atomic E-state index is 12.6. The van der Waals surface area contributed by atoms with Crippen molar-refractivity contribution < 1.29 is 9.53 Å². The van der Waals surface area contributed by atoms with Gasteiger partial charge in [0.1, 0.15) is 0 Å². The fourth-order valence-corrected chi connectivity index (χ4v) is 5.07. The summed E-state index contributed by atoms with van der Waals surface area (Å²) >= 11 is 0. The molecule has 5 nitrogen and oxygen atoms in total. The molecule has 2 aliphatic rings. The van der Waals surface area contributed by atoms with Gasteiger partial charge in [-0.2, -0.15) is 0 Å². The Morgan fingerprint density at radius 2 is 2.06 bits per heavy atom. The summed E-state index contributed by atoms with van der Waals surface area (Å²) in [5.74, 6) is 0.0251. The molecule has 170 valence electrons. The van der Waals surface area contributed by atoms with E-state index in [1.165, 1.54) is 27.9 Å². The van der Waals surface area contributed by atoms with Crippen molar-refractivity contribution in [2.45, 2.75) is 45.2 Å². The van der Waals surface area contributed by atoms with Crippen LogP contribution in [0.5, 0.6) is 0 Å². The number of hydrogen-bond donors (Lipinski definition) is 1. The summed E-state index contributed by atoms with van der Waals surface area (Å²) in [5, 5.41) is 3.19. The topological polar surface area (TPSA) is 54.5 Å². The van der Waals surface area contributed by atoms with Crippen molar-refractivity contribution in [2.75, 3.05) is 24.7 Å². The summed E-state index contributed by atoms with van der Waals surface area (Å²) in [6.07, 6.45) is 4.17. The Bertz CT molecular complexity index is 1140. The van der Waals surface area contributed by atoms with Gasteiger partial charge in [0.25, 0.3) is 0 Å². The van der Waals surface area contributed by atoms with E-state index >= 15 is 0 Å². The summed E-state index contributed by atoms with van der Waals surface area (Å²) in [4.78, 5) is 19.6. The first-order valence-electron chi connectivity index (χ1n) is 11.9. The number of pyridine rings is 1. The van der Waals surface area contributed by atoms with Crippen LogP contribution in [-0.2, 0) is 22.4 Å². The van der Waals surface area contributed by atoms with Crippen molar-refractivity contribution in [1.29, 1.82) is 0 Å². The summed E-state index contributed by atoms with van der Waals surface area (Å²) in [6.45, 7) is 6.81. The second-order valence-corrected chi connectivity index (χ2v) is 9.19. The Morgan fingerprint density at radius 3 is 2.85 bits per heavy atom. The molecule has 3 aromatic rings. The van der Waals surface area contributed by atoms with E-state index in [1.807, 2.05) is 18.3 Å². The van der Waals surface area contributed by atoms with E-state index in [-0.39, 0.29) is 11.9 Å². The Hall–Kier alpha value is -3.18. The smallest absolute Gasteiger partial charge is 0.226 e. The maximum Gasteiger partial charge on any atom is 0.226 e. The summed E-state index contributed by atoms with van der Waals surface area (Å²) in [5.41, 5.74) is 8.09. The van der Waals surface area contributed by atoms with Crippen LogP contribution in [0.1, 0.15) is 41.8 Å². The lowest BCUT2D eigenvalue weighted by Crippen LogP contribution is -2.43. The molecule has 0 radical (unpaired) electrons. The van der Waals surface area contributed by atoms with E-state index in [0.29, 0.717) is 12.5 Å². The lowest BCUT2D eigenvalue weighted by atomic mass is 10.00. The molecular weight excluding hydrogens is 410 g/mol. The molecule has 0 spiro atoms. The predicted molar refractivity (Wildman–Crippen MR) is 131 cm³/mol. The van der Waals surface area contributed by atoms with Gasteiger partial charge in [0.05, 0.1) is 25.7 Å². The van der Waals surface area contributed by atoms with E-state index in [4.69, 9.17) is 4.74 Å². The molecule has 1 fully saturated rings. The molecule has 1 aliphatic carbocycles. The number of amides is 1. The molecule has 1 aliphatic heterocycles. The van der Waals surface area contributed by atoms with Crippen LogP contribution in [0, 0.1) is 6.92 Å². The molecule has 2 atom stereocenters. The van der Waals surface area contributed by atoms with Crippen molar-refractivity contribution in [3.63, 3.8) is 0 Å². The second kappa shape index (κ2) is 9.36. The zero-order chi connectivity index (χ0) is 22.8. The number of nitrogens with one attached hydrogen (secondary N) is 1. The number of carbonyl (C=O) groups is 1. The maximum atomic E-state index is 12.6. The predicted octanol–water partition coefficient (Wildman–Crippen LogP) is 4.63. The molecule has 1 saturated heterocycles.